The van der Waals surface area contributed by atoms with E-state index in [2.05, 4.69) is 92.4 Å². The van der Waals surface area contributed by atoms with E-state index < -0.39 is 19.7 Å². The van der Waals surface area contributed by atoms with Crippen molar-refractivity contribution in [1.82, 2.24) is 20.1 Å². The fourth-order valence-electron chi connectivity index (χ4n) is 3.07. The van der Waals surface area contributed by atoms with Gasteiger partial charge in [0.15, 0.2) is 9.84 Å². The van der Waals surface area contributed by atoms with Crippen molar-refractivity contribution in [3.05, 3.63) is 170 Å². The van der Waals surface area contributed by atoms with Gasteiger partial charge < -0.3 is 132 Å². The van der Waals surface area contributed by atoms with Crippen LogP contribution < -0.4 is 5.32 Å². The summed E-state index contributed by atoms with van der Waals surface area (Å²) >= 11 is 3.63. The van der Waals surface area contributed by atoms with E-state index in [0.717, 1.165) is 34.9 Å². The first-order valence-electron chi connectivity index (χ1n) is 21.8. The molecule has 5 amide bonds. The van der Waals surface area contributed by atoms with Crippen molar-refractivity contribution in [3.8, 4) is 0 Å². The van der Waals surface area contributed by atoms with Crippen molar-refractivity contribution >= 4 is 105 Å². The number of nitrogens with one attached hydrogen (secondary N) is 1. The molecule has 27 heteroatoms. The molecule has 2 aliphatic rings. The van der Waals surface area contributed by atoms with E-state index in [-0.39, 0.29) is 283 Å². The number of carbonyl (C=O) groups is 5. The number of carbonyl (C=O) groups excluding carboxylic acids is 5. The van der Waals surface area contributed by atoms with E-state index in [1.165, 1.54) is 28.4 Å². The van der Waals surface area contributed by atoms with Crippen molar-refractivity contribution < 1.29 is 189 Å². The number of aromatic nitrogens is 1. The fourth-order valence-corrected chi connectivity index (χ4v) is 5.36. The summed E-state index contributed by atoms with van der Waals surface area (Å²) in [6, 6.07) is 5.96. The van der Waals surface area contributed by atoms with Crippen LogP contribution in [0.15, 0.2) is 53.6 Å². The van der Waals surface area contributed by atoms with Crippen LogP contribution in [-0.4, -0.2) is 114 Å². The number of unbranched alkanes of at least 4 members (excludes halogenated alkanes) is 1. The standard InChI is InChI=1S/C8H12NO2.C7H9NS2.C6H7NO2.C4H8INO.C4H9O2S.C4H8O2S.C4H9.C3H7S.4C2H5.2CH4.9CH3.8V/c1-3-6-5-7(10)9(4-2)8(6)11;1-2-9-10-7-5-3-4-6-8-7;1-2-7-5(8)3-4-6(7)9;1-2-6-4(7)3-5;2*1-3-7(5,6)4-2;2*1-3-4-2;4*1-2;;;;;;;;;;;;;;;;;;;/h6H,1,3-5H2,2H3;3-6H,2H2,1H3;3-4H,2H2,1H3;2-3H2,1H3,(H,6,7);1,3-4H2,2H3;3H,1,4H2,2H3;1,3-4H2,2H3;2-3H2,1H3;4*1H2,2H3;2*1H4;9*1H3;;;;;;;;/q-1;;;;-1;;6*-1;;;9*-1;;7*+2. The first-order chi connectivity index (χ1) is 31.8. The Morgan fingerprint density at radius 2 is 1.05 bits per heavy atom. The van der Waals surface area contributed by atoms with Gasteiger partial charge >= 0.3 is 130 Å². The minimum atomic E-state index is -2.89. The Labute approximate surface area is 663 Å². The minimum absolute atomic E-state index is 0. The molecular formula is C59H124IN4O9S5V8-3. The normalized spacial score (nSPS) is 9.66. The average molecular weight is 1730 g/mol. The molecule has 0 bridgehead atoms. The summed E-state index contributed by atoms with van der Waals surface area (Å²) in [4.78, 5) is 60.5. The van der Waals surface area contributed by atoms with E-state index >= 15 is 0 Å². The van der Waals surface area contributed by atoms with Gasteiger partial charge in [-0.3, -0.25) is 40.0 Å². The van der Waals surface area contributed by atoms with Gasteiger partial charge in [-0.05, 0) is 49.5 Å². The molecule has 0 saturated carbocycles. The van der Waals surface area contributed by atoms with Gasteiger partial charge in [-0.2, -0.15) is 40.5 Å². The van der Waals surface area contributed by atoms with Crippen LogP contribution in [0.5, 0.6) is 0 Å². The largest absolute Gasteiger partial charge is 2.00 e. The van der Waals surface area contributed by atoms with Gasteiger partial charge in [-0.15, -0.1) is 0 Å². The van der Waals surface area contributed by atoms with Crippen LogP contribution in [0, 0.1) is 127 Å². The van der Waals surface area contributed by atoms with Crippen LogP contribution in [0.3, 0.4) is 0 Å². The van der Waals surface area contributed by atoms with Gasteiger partial charge in [0.25, 0.3) is 11.8 Å². The van der Waals surface area contributed by atoms with Crippen LogP contribution in [-0.2, 0) is 192 Å². The molecule has 2 aliphatic heterocycles. The number of amides is 5. The summed E-state index contributed by atoms with van der Waals surface area (Å²) in [5, 5.41) is 4.71. The van der Waals surface area contributed by atoms with E-state index in [4.69, 9.17) is 0 Å². The number of pyridine rings is 1. The predicted molar refractivity (Wildman–Crippen MR) is 376 cm³/mol. The topological polar surface area (TPSA) is 185 Å². The maximum Gasteiger partial charge on any atom is 2.00 e. The third kappa shape index (κ3) is 135. The van der Waals surface area contributed by atoms with Crippen LogP contribution in [0.4, 0.5) is 0 Å². The summed E-state index contributed by atoms with van der Waals surface area (Å²) in [7, 11) is -2.12. The molecule has 1 saturated heterocycles. The Hall–Kier alpha value is 2.74. The summed E-state index contributed by atoms with van der Waals surface area (Å²) in [6.45, 7) is 50.3. The Morgan fingerprint density at radius 1 is 0.686 bits per heavy atom. The maximum absolute atomic E-state index is 11.2. The molecule has 1 aromatic rings. The summed E-state index contributed by atoms with van der Waals surface area (Å²) < 4.78 is 41.7. The molecular weight excluding hydrogens is 1600 g/mol. The smallest absolute Gasteiger partial charge is 0.358 e. The van der Waals surface area contributed by atoms with Crippen molar-refractivity contribution in [2.24, 2.45) is 5.92 Å². The Morgan fingerprint density at radius 3 is 1.19 bits per heavy atom. The average Bonchev–Trinajstić information content (AvgIpc) is 3.87. The van der Waals surface area contributed by atoms with Crippen LogP contribution in [0.25, 0.3) is 0 Å². The fraction of sp³-hybridized carbons (Fsp3) is 0.475. The third-order valence-corrected chi connectivity index (χ3v) is 12.8. The molecule has 1 fully saturated rings. The number of hydrogen-bond donors (Lipinski definition) is 1. The molecule has 0 aromatic carbocycles. The second-order valence-electron chi connectivity index (χ2n) is 10.9. The molecule has 1 atom stereocenters. The number of rotatable bonds is 14. The molecule has 1 N–H and O–H groups in total. The maximum atomic E-state index is 11.2. The van der Waals surface area contributed by atoms with Crippen LogP contribution in [0.2, 0.25) is 0 Å². The third-order valence-electron chi connectivity index (χ3n) is 6.58. The molecule has 0 spiro atoms. The van der Waals surface area contributed by atoms with E-state index in [1.54, 1.807) is 77.9 Å². The molecule has 8 radical (unpaired) electrons. The Bertz CT molecular complexity index is 1530. The van der Waals surface area contributed by atoms with Crippen LogP contribution >= 0.6 is 55.9 Å². The van der Waals surface area contributed by atoms with E-state index in [9.17, 15) is 40.8 Å². The number of imide groups is 2. The Kier molecular flexibility index (Phi) is 319. The Balaban J connectivity index is -0.0000000166. The first-order valence-corrected chi connectivity index (χ1v) is 30.3. The molecule has 13 nitrogen and oxygen atoms in total. The summed E-state index contributed by atoms with van der Waals surface area (Å²) in [6.07, 6.45) is 11.1. The first kappa shape index (κ1) is 185. The van der Waals surface area contributed by atoms with Crippen molar-refractivity contribution in [2.75, 3.05) is 52.8 Å². The zero-order valence-electron chi connectivity index (χ0n) is 55.7. The van der Waals surface area contributed by atoms with Gasteiger partial charge in [0.2, 0.25) is 17.7 Å². The number of nitrogens with zero attached hydrogens (tertiary/aromatic N) is 3. The molecule has 3 rings (SSSR count). The van der Waals surface area contributed by atoms with Gasteiger partial charge in [-0.1, -0.05) is 108 Å². The number of sulfone groups is 2. The zero-order chi connectivity index (χ0) is 54.9. The van der Waals surface area contributed by atoms with Crippen molar-refractivity contribution in [3.63, 3.8) is 0 Å². The minimum Gasteiger partial charge on any atom is -0.358 e. The molecule has 1 aromatic heterocycles. The summed E-state index contributed by atoms with van der Waals surface area (Å²) in [5.74, 6) is 2.08. The molecule has 1 unspecified atom stereocenters. The van der Waals surface area contributed by atoms with Gasteiger partial charge in [0.05, 0.1) is 10.2 Å². The summed E-state index contributed by atoms with van der Waals surface area (Å²) in [5.41, 5.74) is 0. The number of halogens is 1. The monoisotopic (exact) mass is 1730 g/mol. The second-order valence-corrected chi connectivity index (χ2v) is 19.9. The van der Waals surface area contributed by atoms with Gasteiger partial charge in [0, 0.05) is 85.8 Å². The van der Waals surface area contributed by atoms with Crippen molar-refractivity contribution in [1.29, 1.82) is 0 Å². The SMILES string of the molecule is C.C.C=CS(=O)(=O)CC.CCN1C(=O)C=CC1=O.CCNC(=O)CI.CCSSc1ccccn1.[CH2-]C.[CH2-]C.[CH2-]C.[CH2-]C.[CH2-]CC1CC(=O)N(CC)C1=O.[CH2-]CCC.[CH2-]CS(=O)(=O)CC.[CH2-]SCC.[CH3-].[CH3-].[CH3-].[CH3-].[CH3-].[CH3-].[CH3-].[CH3-].[CH3-].[V+2].[V+2].[V+2].[V+2].[V+2].[V+2].[V+2].[V]. The number of hydrogen-bond acceptors (Lipinski definition) is 13. The molecule has 0 aliphatic carbocycles. The number of likely N-dealkylation sites (tertiary alicyclic amines) is 1. The molecule has 514 valence electrons. The number of likely N-dealkylation sites (N-methyl/N-ethyl adjacent to an activating group) is 1. The van der Waals surface area contributed by atoms with Crippen LogP contribution in [0.1, 0.15) is 124 Å². The quantitative estimate of drug-likeness (QED) is 0.0610. The number of thioether (sulfide) groups is 1. The zero-order valence-corrected chi connectivity index (χ0v) is 73.1. The number of alkyl halides is 1. The molecule has 3 heterocycles. The van der Waals surface area contributed by atoms with Gasteiger partial charge in [0.1, 0.15) is 14.9 Å². The van der Waals surface area contributed by atoms with Crippen molar-refractivity contribution in [2.45, 2.75) is 129 Å². The molecule has 86 heavy (non-hydrogen) atoms. The van der Waals surface area contributed by atoms with E-state index in [0.29, 0.717) is 30.4 Å². The predicted octanol–water partition coefficient (Wildman–Crippen LogP) is 16.6. The second kappa shape index (κ2) is 148. The van der Waals surface area contributed by atoms with Gasteiger partial charge in [-0.25, -0.2) is 21.8 Å². The van der Waals surface area contributed by atoms with E-state index in [1.807, 2.05) is 64.7 Å².